The number of aromatic nitrogens is 1. The largest absolute Gasteiger partial charge is 0.481 e. The summed E-state index contributed by atoms with van der Waals surface area (Å²) in [6.45, 7) is 3.80. The predicted molar refractivity (Wildman–Crippen MR) is 128 cm³/mol. The molecule has 2 rings (SSSR count). The molecule has 10 nitrogen and oxygen atoms in total. The number of H-pyrrole nitrogens is 1. The van der Waals surface area contributed by atoms with Crippen LogP contribution in [0.3, 0.4) is 0 Å². The number of aromatic amines is 1. The van der Waals surface area contributed by atoms with Crippen LogP contribution in [-0.2, 0) is 9.59 Å². The van der Waals surface area contributed by atoms with Gasteiger partial charge in [-0.3, -0.25) is 9.59 Å². The Hall–Kier alpha value is -3.34. The number of benzene rings is 1. The number of aryl methyl sites for hydroxylation is 1. The summed E-state index contributed by atoms with van der Waals surface area (Å²) in [5.74, 6) is -1.47. The van der Waals surface area contributed by atoms with Crippen LogP contribution < -0.4 is 20.9 Å². The minimum Gasteiger partial charge on any atom is -0.481 e. The molecule has 0 saturated carbocycles. The molecule has 0 bridgehead atoms. The minimum absolute atomic E-state index is 0.231. The number of anilines is 3. The highest BCUT2D eigenvalue weighted by molar-refractivity contribution is 7.19. The molecular weight excluding hydrogens is 446 g/mol. The van der Waals surface area contributed by atoms with Gasteiger partial charge in [0.2, 0.25) is 10.9 Å². The van der Waals surface area contributed by atoms with Gasteiger partial charge in [0.15, 0.2) is 0 Å². The first-order chi connectivity index (χ1) is 15.8. The summed E-state index contributed by atoms with van der Waals surface area (Å²) in [6.07, 6.45) is 5.95. The maximum Gasteiger partial charge on any atom is 0.341 e. The van der Waals surface area contributed by atoms with E-state index in [0.717, 1.165) is 62.1 Å². The first-order valence-electron chi connectivity index (χ1n) is 10.8. The number of carbonyl (C=O) groups is 3. The van der Waals surface area contributed by atoms with Gasteiger partial charge in [-0.15, -0.1) is 4.91 Å². The molecule has 2 amide bonds. The van der Waals surface area contributed by atoms with Crippen molar-refractivity contribution in [3.05, 3.63) is 34.4 Å². The molecular formula is C22H30N5O5S+. The van der Waals surface area contributed by atoms with E-state index in [4.69, 9.17) is 5.11 Å². The number of hydrogen-bond acceptors (Lipinski definition) is 7. The number of carboxylic acids is 1. The summed E-state index contributed by atoms with van der Waals surface area (Å²) in [6, 6.07) is 5.11. The monoisotopic (exact) mass is 476 g/mol. The molecule has 1 aromatic heterocycles. The lowest BCUT2D eigenvalue weighted by molar-refractivity contribution is -0.363. The van der Waals surface area contributed by atoms with Gasteiger partial charge in [-0.25, -0.2) is 9.78 Å². The zero-order valence-electron chi connectivity index (χ0n) is 18.8. The van der Waals surface area contributed by atoms with Gasteiger partial charge in [0, 0.05) is 32.5 Å². The SMILES string of the molecule is CC(=O)Nc1cc(NCCCCCCCCC(=O)O)ccc1C(=O)Nc1[nH+]c(C)c(N=O)s1. The lowest BCUT2D eigenvalue weighted by Crippen LogP contribution is -2.20. The van der Waals surface area contributed by atoms with Crippen LogP contribution in [0.4, 0.5) is 21.5 Å². The number of amides is 2. The molecule has 0 aliphatic rings. The van der Waals surface area contributed by atoms with Crippen molar-refractivity contribution in [2.24, 2.45) is 5.18 Å². The summed E-state index contributed by atoms with van der Waals surface area (Å²) in [5.41, 5.74) is 2.01. The zero-order chi connectivity index (χ0) is 24.2. The third kappa shape index (κ3) is 8.97. The molecule has 2 aromatic rings. The van der Waals surface area contributed by atoms with Gasteiger partial charge in [-0.05, 0) is 47.6 Å². The third-order valence-corrected chi connectivity index (χ3v) is 5.83. The van der Waals surface area contributed by atoms with Crippen LogP contribution >= 0.6 is 11.3 Å². The topological polar surface area (TPSA) is 151 Å². The van der Waals surface area contributed by atoms with Crippen molar-refractivity contribution in [2.45, 2.75) is 58.8 Å². The van der Waals surface area contributed by atoms with Crippen LogP contribution in [0.5, 0.6) is 0 Å². The number of unbranched alkanes of at least 4 members (excludes halogenated alkanes) is 5. The Morgan fingerprint density at radius 3 is 2.39 bits per heavy atom. The number of thiazole rings is 1. The van der Waals surface area contributed by atoms with Gasteiger partial charge in [-0.1, -0.05) is 25.7 Å². The Morgan fingerprint density at radius 1 is 1.06 bits per heavy atom. The fourth-order valence-electron chi connectivity index (χ4n) is 3.22. The van der Waals surface area contributed by atoms with Crippen molar-refractivity contribution in [3.8, 4) is 0 Å². The van der Waals surface area contributed by atoms with Gasteiger partial charge in [0.1, 0.15) is 5.69 Å². The van der Waals surface area contributed by atoms with E-state index >= 15 is 0 Å². The van der Waals surface area contributed by atoms with Crippen LogP contribution in [-0.4, -0.2) is 29.4 Å². The second-order valence-corrected chi connectivity index (χ2v) is 8.66. The molecule has 33 heavy (non-hydrogen) atoms. The quantitative estimate of drug-likeness (QED) is 0.229. The first-order valence-corrected chi connectivity index (χ1v) is 11.7. The smallest absolute Gasteiger partial charge is 0.341 e. The van der Waals surface area contributed by atoms with E-state index in [1.54, 1.807) is 25.1 Å². The Kier molecular flexibility index (Phi) is 10.4. The minimum atomic E-state index is -0.745. The van der Waals surface area contributed by atoms with E-state index < -0.39 is 11.9 Å². The second-order valence-electron chi connectivity index (χ2n) is 7.67. The van der Waals surface area contributed by atoms with Crippen LogP contribution in [0.25, 0.3) is 0 Å². The van der Waals surface area contributed by atoms with Crippen LogP contribution in [0.15, 0.2) is 23.4 Å². The molecule has 178 valence electrons. The molecule has 5 N–H and O–H groups in total. The number of hydrogen-bond donors (Lipinski definition) is 4. The first kappa shape index (κ1) is 25.9. The van der Waals surface area contributed by atoms with Gasteiger partial charge >= 0.3 is 17.0 Å². The average molecular weight is 477 g/mol. The maximum atomic E-state index is 12.7. The number of nitrogens with one attached hydrogen (secondary N) is 4. The molecule has 0 aliphatic heterocycles. The molecule has 1 heterocycles. The highest BCUT2D eigenvalue weighted by Crippen LogP contribution is 2.28. The molecule has 0 radical (unpaired) electrons. The van der Waals surface area contributed by atoms with Crippen LogP contribution in [0.2, 0.25) is 0 Å². The summed E-state index contributed by atoms with van der Waals surface area (Å²) in [7, 11) is 0. The lowest BCUT2D eigenvalue weighted by Gasteiger charge is -2.12. The molecule has 1 aromatic carbocycles. The van der Waals surface area contributed by atoms with Crippen molar-refractivity contribution in [1.82, 2.24) is 0 Å². The molecule has 0 unspecified atom stereocenters. The van der Waals surface area contributed by atoms with E-state index in [1.165, 1.54) is 6.92 Å². The molecule has 0 fully saturated rings. The van der Waals surface area contributed by atoms with E-state index in [1.807, 2.05) is 0 Å². The standard InChI is InChI=1S/C22H29N5O5S/c1-14-21(27-32)33-22(24-14)26-20(31)17-11-10-16(13-18(17)25-15(2)28)23-12-8-6-4-3-5-7-9-19(29)30/h10-11,13,23H,3-9,12H2,1-2H3,(H,25,28)(H,29,30)(H,24,26,31)/p+1. The zero-order valence-corrected chi connectivity index (χ0v) is 19.6. The summed E-state index contributed by atoms with van der Waals surface area (Å²) < 4.78 is 0. The molecule has 0 aliphatic carbocycles. The predicted octanol–water partition coefficient (Wildman–Crippen LogP) is 4.71. The van der Waals surface area contributed by atoms with Crippen molar-refractivity contribution in [2.75, 3.05) is 22.5 Å². The van der Waals surface area contributed by atoms with E-state index in [2.05, 4.69) is 26.1 Å². The van der Waals surface area contributed by atoms with Gasteiger partial charge in [-0.2, -0.15) is 5.32 Å². The lowest BCUT2D eigenvalue weighted by atomic mass is 10.1. The third-order valence-electron chi connectivity index (χ3n) is 4.85. The summed E-state index contributed by atoms with van der Waals surface area (Å²) in [4.78, 5) is 48.5. The number of carbonyl (C=O) groups excluding carboxylic acids is 2. The normalized spacial score (nSPS) is 10.5. The Labute approximate surface area is 196 Å². The Morgan fingerprint density at radius 2 is 1.76 bits per heavy atom. The highest BCUT2D eigenvalue weighted by Gasteiger charge is 2.21. The molecule has 0 saturated heterocycles. The van der Waals surface area contributed by atoms with E-state index in [0.29, 0.717) is 16.5 Å². The fourth-order valence-corrected chi connectivity index (χ4v) is 4.01. The van der Waals surface area contributed by atoms with Gasteiger partial charge in [0.05, 0.1) is 11.3 Å². The average Bonchev–Trinajstić information content (AvgIpc) is 3.10. The number of nitrogens with zero attached hydrogens (tertiary/aromatic N) is 1. The van der Waals surface area contributed by atoms with Crippen molar-refractivity contribution in [1.29, 1.82) is 0 Å². The number of carboxylic acid groups (broad SMARTS) is 1. The summed E-state index contributed by atoms with van der Waals surface area (Å²) >= 11 is 1.04. The Bertz CT molecular complexity index is 992. The Balaban J connectivity index is 1.89. The number of nitroso groups, excluding NO2 is 1. The number of aliphatic carboxylic acids is 1. The number of rotatable bonds is 14. The highest BCUT2D eigenvalue weighted by atomic mass is 32.1. The fraction of sp³-hybridized carbons (Fsp3) is 0.455. The summed E-state index contributed by atoms with van der Waals surface area (Å²) in [5, 5.41) is 20.9. The van der Waals surface area contributed by atoms with Gasteiger partial charge < -0.3 is 15.7 Å². The molecule has 0 spiro atoms. The van der Waals surface area contributed by atoms with Crippen molar-refractivity contribution in [3.63, 3.8) is 0 Å². The van der Waals surface area contributed by atoms with Crippen molar-refractivity contribution < 1.29 is 24.5 Å². The van der Waals surface area contributed by atoms with Crippen molar-refractivity contribution >= 4 is 50.6 Å². The van der Waals surface area contributed by atoms with E-state index in [9.17, 15) is 19.3 Å². The van der Waals surface area contributed by atoms with Crippen LogP contribution in [0, 0.1) is 11.8 Å². The molecule has 0 atom stereocenters. The van der Waals surface area contributed by atoms with E-state index in [-0.39, 0.29) is 22.9 Å². The van der Waals surface area contributed by atoms with Crippen LogP contribution in [0.1, 0.15) is 67.9 Å². The van der Waals surface area contributed by atoms with Gasteiger partial charge in [0.25, 0.3) is 0 Å². The maximum absolute atomic E-state index is 12.7. The molecule has 11 heteroatoms. The second kappa shape index (κ2) is 13.3.